The SMILES string of the molecule is COc1ccc(CC[C@H]2OC(=O)[C@@H]3CCCCN3C(=O)C(=O)C(C)(C)COC(=O)/C=C\CCN(C)C(=O)[C@H](C(C)C)NC(=O)[C@H](C(C)C)N(C)C(=O)[C@@H](Cc3ccccc3)NC(=O)[C@H](CC(C)C)N(C)C(=O)CCC(=O)Nc3cccc2c3)cc1OC. The molecule has 5 rings (SSSR count). The molecule has 2 aliphatic heterocycles. The van der Waals surface area contributed by atoms with Crippen LogP contribution in [0.4, 0.5) is 5.69 Å². The molecule has 2 heterocycles. The zero-order chi connectivity index (χ0) is 64.3. The van der Waals surface area contributed by atoms with Gasteiger partial charge in [-0.3, -0.25) is 38.4 Å². The number of methoxy groups -OCH3 is 2. The van der Waals surface area contributed by atoms with Gasteiger partial charge in [-0.15, -0.1) is 0 Å². The number of ketones is 1. The third-order valence-electron chi connectivity index (χ3n) is 15.8. The summed E-state index contributed by atoms with van der Waals surface area (Å²) in [4.78, 5) is 147. The molecule has 1 fully saturated rings. The number of carbonyl (C=O) groups is 10. The molecule has 87 heavy (non-hydrogen) atoms. The highest BCUT2D eigenvalue weighted by Gasteiger charge is 2.43. The number of rotatable bonds is 11. The number of aryl methyl sites for hydroxylation is 1. The number of benzene rings is 3. The van der Waals surface area contributed by atoms with Crippen LogP contribution >= 0.6 is 0 Å². The van der Waals surface area contributed by atoms with E-state index in [1.807, 2.05) is 44.2 Å². The number of amides is 7. The van der Waals surface area contributed by atoms with Crippen LogP contribution < -0.4 is 25.4 Å². The summed E-state index contributed by atoms with van der Waals surface area (Å²) in [6, 6.07) is 15.7. The summed E-state index contributed by atoms with van der Waals surface area (Å²) >= 11 is 0. The lowest BCUT2D eigenvalue weighted by Crippen LogP contribution is -2.60. The Balaban J connectivity index is 1.50. The Hall–Kier alpha value is -8.10. The monoisotopic (exact) mass is 1210 g/mol. The van der Waals surface area contributed by atoms with Crippen molar-refractivity contribution < 1.29 is 66.9 Å². The Labute approximate surface area is 512 Å². The van der Waals surface area contributed by atoms with Gasteiger partial charge in [-0.1, -0.05) is 96.1 Å². The average molecular weight is 1210 g/mol. The molecule has 0 saturated carbocycles. The largest absolute Gasteiger partial charge is 0.493 e. The first-order chi connectivity index (χ1) is 41.2. The Morgan fingerprint density at radius 1 is 0.713 bits per heavy atom. The van der Waals surface area contributed by atoms with E-state index in [-0.39, 0.29) is 64.0 Å². The van der Waals surface area contributed by atoms with Crippen LogP contribution in [0.3, 0.4) is 0 Å². The third-order valence-corrected chi connectivity index (χ3v) is 15.8. The summed E-state index contributed by atoms with van der Waals surface area (Å²) in [5.41, 5.74) is 0.882. The van der Waals surface area contributed by atoms with Crippen molar-refractivity contribution in [3.63, 3.8) is 0 Å². The summed E-state index contributed by atoms with van der Waals surface area (Å²) in [6.07, 6.45) is 3.52. The summed E-state index contributed by atoms with van der Waals surface area (Å²) in [7, 11) is 7.57. The van der Waals surface area contributed by atoms with Crippen molar-refractivity contribution in [3.8, 4) is 11.5 Å². The van der Waals surface area contributed by atoms with Gasteiger partial charge in [0.2, 0.25) is 41.2 Å². The molecule has 0 aromatic heterocycles. The number of anilines is 1. The fourth-order valence-corrected chi connectivity index (χ4v) is 10.7. The molecule has 3 N–H and O–H groups in total. The van der Waals surface area contributed by atoms with Gasteiger partial charge in [-0.2, -0.15) is 0 Å². The molecular formula is C66H91N7O14. The Morgan fingerprint density at radius 3 is 2.07 bits per heavy atom. The summed E-state index contributed by atoms with van der Waals surface area (Å²) in [5.74, 6) is -6.52. The van der Waals surface area contributed by atoms with E-state index in [1.165, 1.54) is 67.8 Å². The highest BCUT2D eigenvalue weighted by Crippen LogP contribution is 2.33. The second kappa shape index (κ2) is 32.6. The number of esters is 2. The van der Waals surface area contributed by atoms with Crippen LogP contribution in [0.25, 0.3) is 0 Å². The van der Waals surface area contributed by atoms with E-state index in [9.17, 15) is 47.9 Å². The second-order valence-corrected chi connectivity index (χ2v) is 24.4. The van der Waals surface area contributed by atoms with E-state index in [0.29, 0.717) is 42.0 Å². The van der Waals surface area contributed by atoms with E-state index in [2.05, 4.69) is 16.0 Å². The van der Waals surface area contributed by atoms with Crippen molar-refractivity contribution in [2.75, 3.05) is 60.4 Å². The number of ether oxygens (including phenoxy) is 4. The highest BCUT2D eigenvalue weighted by atomic mass is 16.5. The smallest absolute Gasteiger partial charge is 0.330 e. The molecule has 7 amide bonds. The standard InChI is InChI=1S/C66H91N7O14/c1-41(2)36-50-60(78)68-48(37-44-22-15-14-16-23-44)62(80)72(11)58(43(5)6)61(79)69-57(42(3)4)63(81)70(9)34-19-18-27-56(76)86-40-66(7,8)59(77)64(82)73-35-20-17-26-49(73)65(83)87-51(30-28-45-29-31-52(84-12)53(38-45)85-13)46-24-21-25-47(39-46)67-54(74)32-33-55(75)71(50)10/h14-16,18,21-25,27,29,31,38-39,41-43,48-51,57-58H,17,19-20,26,28,30,32-37,40H2,1-13H3,(H,67,74)(H,68,78)(H,69,79)/b27-18-/t48-,49+,50+,51-,57+,58+/m1/s1. The number of fused-ring (bicyclic) bond motifs is 3. The Morgan fingerprint density at radius 2 is 1.41 bits per heavy atom. The summed E-state index contributed by atoms with van der Waals surface area (Å²) < 4.78 is 22.8. The second-order valence-electron chi connectivity index (χ2n) is 24.4. The van der Waals surface area contributed by atoms with Crippen molar-refractivity contribution >= 4 is 64.8 Å². The third kappa shape index (κ3) is 19.7. The first kappa shape index (κ1) is 69.7. The van der Waals surface area contributed by atoms with Gasteiger partial charge in [-0.25, -0.2) is 9.59 Å². The molecule has 3 aromatic carbocycles. The van der Waals surface area contributed by atoms with Crippen molar-refractivity contribution in [1.29, 1.82) is 0 Å². The lowest BCUT2D eigenvalue weighted by molar-refractivity contribution is -0.165. The molecule has 2 aliphatic rings. The van der Waals surface area contributed by atoms with E-state index >= 15 is 0 Å². The molecule has 21 heteroatoms. The number of hydrogen-bond donors (Lipinski definition) is 3. The molecule has 6 atom stereocenters. The predicted molar refractivity (Wildman–Crippen MR) is 328 cm³/mol. The predicted octanol–water partition coefficient (Wildman–Crippen LogP) is 6.80. The molecular weight excluding hydrogens is 1110 g/mol. The molecule has 3 aromatic rings. The molecule has 21 nitrogen and oxygen atoms in total. The minimum Gasteiger partial charge on any atom is -0.493 e. The van der Waals surface area contributed by atoms with E-state index in [4.69, 9.17) is 18.9 Å². The summed E-state index contributed by atoms with van der Waals surface area (Å²) in [6.45, 7) is 13.6. The number of likely N-dealkylation sites (N-methyl/N-ethyl adjacent to an activating group) is 3. The van der Waals surface area contributed by atoms with E-state index in [0.717, 1.165) is 17.2 Å². The Bertz CT molecular complexity index is 2940. The molecule has 0 spiro atoms. The molecule has 2 bridgehead atoms. The number of carbonyl (C=O) groups excluding carboxylic acids is 10. The molecule has 1 saturated heterocycles. The van der Waals surface area contributed by atoms with Crippen LogP contribution in [0.1, 0.15) is 130 Å². The van der Waals surface area contributed by atoms with Gasteiger partial charge in [0.15, 0.2) is 11.5 Å². The minimum absolute atomic E-state index is 0.0402. The molecule has 0 aliphatic carbocycles. The number of Topliss-reactive ketones (excluding diaryl/α,β-unsaturated/α-hetero) is 1. The maximum absolute atomic E-state index is 14.8. The number of piperidine rings is 1. The zero-order valence-corrected chi connectivity index (χ0v) is 53.0. The maximum Gasteiger partial charge on any atom is 0.330 e. The fourth-order valence-electron chi connectivity index (χ4n) is 10.7. The first-order valence-corrected chi connectivity index (χ1v) is 30.1. The van der Waals surface area contributed by atoms with Crippen molar-refractivity contribution in [2.24, 2.45) is 23.2 Å². The van der Waals surface area contributed by atoms with Crippen molar-refractivity contribution in [3.05, 3.63) is 102 Å². The van der Waals surface area contributed by atoms with Gasteiger partial charge in [0, 0.05) is 65.3 Å². The van der Waals surface area contributed by atoms with Crippen molar-refractivity contribution in [1.82, 2.24) is 30.2 Å². The van der Waals surface area contributed by atoms with Gasteiger partial charge in [-0.05, 0) is 118 Å². The van der Waals surface area contributed by atoms with Crippen LogP contribution in [0.2, 0.25) is 0 Å². The van der Waals surface area contributed by atoms with E-state index < -0.39 is 119 Å². The molecule has 0 unspecified atom stereocenters. The van der Waals surface area contributed by atoms with Gasteiger partial charge in [0.05, 0.1) is 19.6 Å². The van der Waals surface area contributed by atoms with Crippen LogP contribution in [0, 0.1) is 23.2 Å². The first-order valence-electron chi connectivity index (χ1n) is 30.1. The Kier molecular flexibility index (Phi) is 26.1. The lowest BCUT2D eigenvalue weighted by atomic mass is 9.87. The van der Waals surface area contributed by atoms with Gasteiger partial charge >= 0.3 is 11.9 Å². The van der Waals surface area contributed by atoms with Crippen LogP contribution in [0.15, 0.2) is 84.9 Å². The fraction of sp³-hybridized carbons (Fsp3) is 0.545. The molecule has 0 radical (unpaired) electrons. The highest BCUT2D eigenvalue weighted by molar-refractivity contribution is 6.38. The maximum atomic E-state index is 14.8. The van der Waals surface area contributed by atoms with Crippen LogP contribution in [-0.2, 0) is 70.3 Å². The normalized spacial score (nSPS) is 23.2. The topological polar surface area (TPSA) is 257 Å². The minimum atomic E-state index is -1.51. The van der Waals surface area contributed by atoms with Gasteiger partial charge < -0.3 is 54.5 Å². The number of nitrogens with one attached hydrogen (secondary N) is 3. The number of cyclic esters (lactones) is 2. The number of hydrogen-bond acceptors (Lipinski definition) is 14. The van der Waals surface area contributed by atoms with E-state index in [1.54, 1.807) is 77.2 Å². The lowest BCUT2D eigenvalue weighted by Gasteiger charge is -2.36. The summed E-state index contributed by atoms with van der Waals surface area (Å²) in [5, 5.41) is 8.68. The van der Waals surface area contributed by atoms with Crippen molar-refractivity contribution in [2.45, 2.75) is 156 Å². The number of nitrogens with zero attached hydrogens (tertiary/aromatic N) is 4. The van der Waals surface area contributed by atoms with Crippen LogP contribution in [-0.4, -0.2) is 164 Å². The van der Waals surface area contributed by atoms with Gasteiger partial charge in [0.25, 0.3) is 5.91 Å². The van der Waals surface area contributed by atoms with Gasteiger partial charge in [0.1, 0.15) is 42.9 Å². The average Bonchev–Trinajstić information content (AvgIpc) is 2.69. The zero-order valence-electron chi connectivity index (χ0n) is 53.0. The molecule has 474 valence electrons. The van der Waals surface area contributed by atoms with Crippen LogP contribution in [0.5, 0.6) is 11.5 Å². The quantitative estimate of drug-likeness (QED) is 0.132.